The highest BCUT2D eigenvalue weighted by atomic mass is 19.4. The largest absolute Gasteiger partial charge is 0.391 e. The Hall–Kier alpha value is -1.54. The van der Waals surface area contributed by atoms with Crippen LogP contribution in [0, 0.1) is 17.2 Å². The first-order valence-electron chi connectivity index (χ1n) is 6.78. The van der Waals surface area contributed by atoms with Gasteiger partial charge in [-0.1, -0.05) is 18.6 Å². The van der Waals surface area contributed by atoms with Gasteiger partial charge in [0.15, 0.2) is 0 Å². The zero-order valence-corrected chi connectivity index (χ0v) is 11.1. The van der Waals surface area contributed by atoms with Gasteiger partial charge in [0.25, 0.3) is 0 Å². The molecule has 0 spiro atoms. The summed E-state index contributed by atoms with van der Waals surface area (Å²) in [4.78, 5) is 0. The van der Waals surface area contributed by atoms with Gasteiger partial charge in [-0.15, -0.1) is 0 Å². The van der Waals surface area contributed by atoms with Crippen molar-refractivity contribution in [1.29, 1.82) is 5.26 Å². The molecule has 2 nitrogen and oxygen atoms in total. The Morgan fingerprint density at radius 2 is 2.10 bits per heavy atom. The second kappa shape index (κ2) is 6.27. The van der Waals surface area contributed by atoms with Crippen LogP contribution in [-0.2, 0) is 6.54 Å². The van der Waals surface area contributed by atoms with Crippen LogP contribution in [0.5, 0.6) is 0 Å². The average molecular weight is 282 g/mol. The van der Waals surface area contributed by atoms with Crippen molar-refractivity contribution in [2.75, 3.05) is 0 Å². The quantitative estimate of drug-likeness (QED) is 0.916. The molecule has 0 saturated heterocycles. The highest BCUT2D eigenvalue weighted by molar-refractivity contribution is 5.32. The summed E-state index contributed by atoms with van der Waals surface area (Å²) in [6.45, 7) is 0.505. The zero-order valence-electron chi connectivity index (χ0n) is 11.1. The van der Waals surface area contributed by atoms with Crippen molar-refractivity contribution in [3.05, 3.63) is 35.4 Å². The van der Waals surface area contributed by atoms with Gasteiger partial charge < -0.3 is 5.32 Å². The van der Waals surface area contributed by atoms with Crippen LogP contribution in [0.15, 0.2) is 24.3 Å². The lowest BCUT2D eigenvalue weighted by Gasteiger charge is -2.31. The lowest BCUT2D eigenvalue weighted by atomic mass is 9.85. The van der Waals surface area contributed by atoms with E-state index in [1.54, 1.807) is 18.2 Å². The Kier molecular flexibility index (Phi) is 4.66. The molecule has 2 rings (SSSR count). The topological polar surface area (TPSA) is 35.8 Å². The van der Waals surface area contributed by atoms with E-state index in [1.165, 1.54) is 0 Å². The summed E-state index contributed by atoms with van der Waals surface area (Å²) in [6, 6.07) is 9.09. The van der Waals surface area contributed by atoms with Crippen LogP contribution < -0.4 is 5.32 Å². The van der Waals surface area contributed by atoms with Crippen LogP contribution in [0.4, 0.5) is 13.2 Å². The highest BCUT2D eigenvalue weighted by Crippen LogP contribution is 2.37. The number of halogens is 3. The first-order chi connectivity index (χ1) is 9.49. The number of benzene rings is 1. The van der Waals surface area contributed by atoms with Crippen molar-refractivity contribution in [3.8, 4) is 6.07 Å². The summed E-state index contributed by atoms with van der Waals surface area (Å²) in [5, 5.41) is 12.0. The van der Waals surface area contributed by atoms with Gasteiger partial charge in [0.1, 0.15) is 0 Å². The molecule has 1 aliphatic carbocycles. The maximum atomic E-state index is 12.7. The lowest BCUT2D eigenvalue weighted by Crippen LogP contribution is -2.38. The molecular formula is C15H17F3N2. The Bertz CT molecular complexity index is 491. The summed E-state index contributed by atoms with van der Waals surface area (Å²) in [7, 11) is 0. The molecule has 1 fully saturated rings. The third kappa shape index (κ3) is 3.97. The SMILES string of the molecule is N#Cc1cccc(CN[C@H]2CCC[C@@H](C(F)(F)F)C2)c1. The first kappa shape index (κ1) is 14.9. The van der Waals surface area contributed by atoms with E-state index < -0.39 is 12.1 Å². The van der Waals surface area contributed by atoms with Crippen molar-refractivity contribution in [2.45, 2.75) is 44.4 Å². The van der Waals surface area contributed by atoms with Gasteiger partial charge >= 0.3 is 6.18 Å². The molecule has 1 aliphatic rings. The molecule has 0 heterocycles. The predicted octanol–water partition coefficient (Wildman–Crippen LogP) is 3.77. The Morgan fingerprint density at radius 1 is 1.30 bits per heavy atom. The number of nitrogens with zero attached hydrogens (tertiary/aromatic N) is 1. The molecule has 0 radical (unpaired) electrons. The van der Waals surface area contributed by atoms with Gasteiger partial charge in [-0.25, -0.2) is 0 Å². The summed E-state index contributed by atoms with van der Waals surface area (Å²) in [5.74, 6) is -1.18. The van der Waals surface area contributed by atoms with E-state index >= 15 is 0 Å². The van der Waals surface area contributed by atoms with Crippen LogP contribution in [0.25, 0.3) is 0 Å². The molecule has 20 heavy (non-hydrogen) atoms. The second-order valence-electron chi connectivity index (χ2n) is 5.30. The first-order valence-corrected chi connectivity index (χ1v) is 6.78. The van der Waals surface area contributed by atoms with E-state index in [4.69, 9.17) is 5.26 Å². The molecule has 1 saturated carbocycles. The van der Waals surface area contributed by atoms with Crippen LogP contribution >= 0.6 is 0 Å². The standard InChI is InChI=1S/C15H17F3N2/c16-15(17,18)13-5-2-6-14(8-13)20-10-12-4-1-3-11(7-12)9-19/h1,3-4,7,13-14,20H,2,5-6,8,10H2/t13-,14+/m1/s1. The molecule has 0 aromatic heterocycles. The molecule has 1 aromatic rings. The maximum Gasteiger partial charge on any atom is 0.391 e. The number of hydrogen-bond acceptors (Lipinski definition) is 2. The van der Waals surface area contributed by atoms with Gasteiger partial charge in [0.2, 0.25) is 0 Å². The molecule has 0 unspecified atom stereocenters. The van der Waals surface area contributed by atoms with Gasteiger partial charge in [-0.05, 0) is 37.0 Å². The monoisotopic (exact) mass is 282 g/mol. The van der Waals surface area contributed by atoms with Gasteiger partial charge in [0, 0.05) is 12.6 Å². The van der Waals surface area contributed by atoms with Crippen molar-refractivity contribution in [2.24, 2.45) is 5.92 Å². The molecule has 0 aliphatic heterocycles. The number of hydrogen-bond donors (Lipinski definition) is 1. The zero-order chi connectivity index (χ0) is 14.6. The Morgan fingerprint density at radius 3 is 2.80 bits per heavy atom. The fourth-order valence-electron chi connectivity index (χ4n) is 2.69. The van der Waals surface area contributed by atoms with E-state index in [0.717, 1.165) is 12.0 Å². The molecule has 5 heteroatoms. The fourth-order valence-corrected chi connectivity index (χ4v) is 2.69. The van der Waals surface area contributed by atoms with Gasteiger partial charge in [0.05, 0.1) is 17.6 Å². The summed E-state index contributed by atoms with van der Waals surface area (Å²) < 4.78 is 38.1. The van der Waals surface area contributed by atoms with Crippen molar-refractivity contribution in [3.63, 3.8) is 0 Å². The minimum atomic E-state index is -4.08. The molecule has 2 atom stereocenters. The summed E-state index contributed by atoms with van der Waals surface area (Å²) >= 11 is 0. The minimum absolute atomic E-state index is 0.0962. The number of rotatable bonds is 3. The molecule has 1 aromatic carbocycles. The van der Waals surface area contributed by atoms with Crippen molar-refractivity contribution < 1.29 is 13.2 Å². The summed E-state index contributed by atoms with van der Waals surface area (Å²) in [6.07, 6.45) is -2.29. The molecule has 108 valence electrons. The number of alkyl halides is 3. The van der Waals surface area contributed by atoms with Crippen LogP contribution in [0.2, 0.25) is 0 Å². The van der Waals surface area contributed by atoms with Crippen LogP contribution in [0.3, 0.4) is 0 Å². The lowest BCUT2D eigenvalue weighted by molar-refractivity contribution is -0.183. The van der Waals surface area contributed by atoms with Crippen LogP contribution in [0.1, 0.15) is 36.8 Å². The normalized spacial score (nSPS) is 23.3. The van der Waals surface area contributed by atoms with Gasteiger partial charge in [-0.3, -0.25) is 0 Å². The van der Waals surface area contributed by atoms with Crippen molar-refractivity contribution in [1.82, 2.24) is 5.32 Å². The molecule has 1 N–H and O–H groups in total. The molecular weight excluding hydrogens is 265 g/mol. The molecule has 0 amide bonds. The van der Waals surface area contributed by atoms with E-state index in [9.17, 15) is 13.2 Å². The predicted molar refractivity (Wildman–Crippen MR) is 69.8 cm³/mol. The minimum Gasteiger partial charge on any atom is -0.310 e. The smallest absolute Gasteiger partial charge is 0.310 e. The van der Waals surface area contributed by atoms with Crippen LogP contribution in [-0.4, -0.2) is 12.2 Å². The fraction of sp³-hybridized carbons (Fsp3) is 0.533. The van der Waals surface area contributed by atoms with E-state index in [2.05, 4.69) is 11.4 Å². The summed E-state index contributed by atoms with van der Waals surface area (Å²) in [5.41, 5.74) is 1.50. The van der Waals surface area contributed by atoms with Crippen molar-refractivity contribution >= 4 is 0 Å². The third-order valence-electron chi connectivity index (χ3n) is 3.79. The maximum absolute atomic E-state index is 12.7. The number of nitriles is 1. The number of nitrogens with one attached hydrogen (secondary N) is 1. The third-order valence-corrected chi connectivity index (χ3v) is 3.79. The van der Waals surface area contributed by atoms with E-state index in [1.807, 2.05) is 6.07 Å². The average Bonchev–Trinajstić information content (AvgIpc) is 2.45. The van der Waals surface area contributed by atoms with E-state index in [-0.39, 0.29) is 18.9 Å². The Labute approximate surface area is 116 Å². The second-order valence-corrected chi connectivity index (χ2v) is 5.30. The van der Waals surface area contributed by atoms with E-state index in [0.29, 0.717) is 18.5 Å². The van der Waals surface area contributed by atoms with Gasteiger partial charge in [-0.2, -0.15) is 18.4 Å². The highest BCUT2D eigenvalue weighted by Gasteiger charge is 2.41. The Balaban J connectivity index is 1.89. The molecule has 0 bridgehead atoms.